The van der Waals surface area contributed by atoms with Gasteiger partial charge in [0, 0.05) is 12.1 Å². The molecule has 0 unspecified atom stereocenters. The summed E-state index contributed by atoms with van der Waals surface area (Å²) in [7, 11) is 4.53. The van der Waals surface area contributed by atoms with Gasteiger partial charge in [-0.1, -0.05) is 35.9 Å². The molecule has 0 fully saturated rings. The Hall–Kier alpha value is -2.04. The van der Waals surface area contributed by atoms with Crippen LogP contribution in [0.4, 0.5) is 0 Å². The minimum absolute atomic E-state index is 0.364. The molecule has 4 nitrogen and oxygen atoms in total. The fourth-order valence-electron chi connectivity index (χ4n) is 2.49. The Kier molecular flexibility index (Phi) is 6.02. The quantitative estimate of drug-likeness (QED) is 0.749. The number of esters is 1. The first-order valence-electron chi connectivity index (χ1n) is 7.10. The molecule has 0 amide bonds. The van der Waals surface area contributed by atoms with E-state index in [4.69, 9.17) is 25.8 Å². The summed E-state index contributed by atoms with van der Waals surface area (Å²) in [5, 5.41) is 0.627. The van der Waals surface area contributed by atoms with Crippen molar-refractivity contribution in [1.82, 2.24) is 0 Å². The van der Waals surface area contributed by atoms with E-state index < -0.39 is 12.0 Å². The highest BCUT2D eigenvalue weighted by atomic mass is 35.5. The summed E-state index contributed by atoms with van der Waals surface area (Å²) in [6.07, 6.45) is -0.479. The van der Waals surface area contributed by atoms with Gasteiger partial charge in [-0.2, -0.15) is 0 Å². The maximum absolute atomic E-state index is 12.3. The molecule has 0 radical (unpaired) electrons. The van der Waals surface area contributed by atoms with Crippen LogP contribution in [0.1, 0.15) is 23.1 Å². The second kappa shape index (κ2) is 7.99. The Morgan fingerprint density at radius 1 is 0.913 bits per heavy atom. The lowest BCUT2D eigenvalue weighted by Crippen LogP contribution is -2.23. The van der Waals surface area contributed by atoms with Gasteiger partial charge in [0.25, 0.3) is 0 Å². The van der Waals surface area contributed by atoms with E-state index in [0.29, 0.717) is 5.02 Å². The molecule has 0 aliphatic rings. The number of hydrogen-bond donors (Lipinski definition) is 0. The number of carbonyl (C=O) groups is 1. The SMILES string of the molecule is COC(=O)[C@H](c1ccc(OC)cc1)[C@@H](OC)c1ccc(Cl)cc1. The number of ether oxygens (including phenoxy) is 3. The van der Waals surface area contributed by atoms with Gasteiger partial charge in [-0.25, -0.2) is 0 Å². The first kappa shape index (κ1) is 17.3. The molecule has 0 saturated carbocycles. The van der Waals surface area contributed by atoms with Crippen molar-refractivity contribution in [2.45, 2.75) is 12.0 Å². The number of carbonyl (C=O) groups excluding carboxylic acids is 1. The highest BCUT2D eigenvalue weighted by molar-refractivity contribution is 6.30. The molecule has 0 aromatic heterocycles. The summed E-state index contributed by atoms with van der Waals surface area (Å²) in [4.78, 5) is 12.3. The van der Waals surface area contributed by atoms with Gasteiger partial charge in [-0.05, 0) is 35.4 Å². The second-order valence-corrected chi connectivity index (χ2v) is 5.42. The zero-order valence-electron chi connectivity index (χ0n) is 13.3. The van der Waals surface area contributed by atoms with Crippen LogP contribution in [0, 0.1) is 0 Å². The molecule has 0 spiro atoms. The van der Waals surface area contributed by atoms with Gasteiger partial charge >= 0.3 is 5.97 Å². The van der Waals surface area contributed by atoms with E-state index in [1.807, 2.05) is 24.3 Å². The molecule has 0 aliphatic heterocycles. The van der Waals surface area contributed by atoms with Crippen LogP contribution in [-0.2, 0) is 14.3 Å². The lowest BCUT2D eigenvalue weighted by molar-refractivity contribution is -0.146. The number of rotatable bonds is 6. The zero-order chi connectivity index (χ0) is 16.8. The van der Waals surface area contributed by atoms with Crippen LogP contribution in [-0.4, -0.2) is 27.3 Å². The van der Waals surface area contributed by atoms with Gasteiger partial charge in [-0.15, -0.1) is 0 Å². The largest absolute Gasteiger partial charge is 0.497 e. The monoisotopic (exact) mass is 334 g/mol. The van der Waals surface area contributed by atoms with Gasteiger partial charge in [0.15, 0.2) is 0 Å². The fraction of sp³-hybridized carbons (Fsp3) is 0.278. The summed E-state index contributed by atoms with van der Waals surface area (Å²) < 4.78 is 15.7. The summed E-state index contributed by atoms with van der Waals surface area (Å²) in [6, 6.07) is 14.5. The van der Waals surface area contributed by atoms with Gasteiger partial charge in [0.1, 0.15) is 11.7 Å². The standard InChI is InChI=1S/C18H19ClO4/c1-21-15-10-6-12(7-11-15)16(18(20)23-3)17(22-2)13-4-8-14(19)9-5-13/h4-11,16-17H,1-3H3/t16-,17+/m1/s1. The van der Waals surface area contributed by atoms with Crippen molar-refractivity contribution in [2.24, 2.45) is 0 Å². The van der Waals surface area contributed by atoms with Crippen molar-refractivity contribution in [1.29, 1.82) is 0 Å². The van der Waals surface area contributed by atoms with Crippen LogP contribution in [0.25, 0.3) is 0 Å². The molecule has 0 N–H and O–H groups in total. The van der Waals surface area contributed by atoms with Crippen LogP contribution in [0.5, 0.6) is 5.75 Å². The highest BCUT2D eigenvalue weighted by Gasteiger charge is 2.32. The van der Waals surface area contributed by atoms with Crippen LogP contribution >= 0.6 is 11.6 Å². The molecule has 0 bridgehead atoms. The lowest BCUT2D eigenvalue weighted by Gasteiger charge is -2.25. The summed E-state index contributed by atoms with van der Waals surface area (Å²) in [6.45, 7) is 0. The van der Waals surface area contributed by atoms with Crippen molar-refractivity contribution in [3.8, 4) is 5.75 Å². The molecule has 0 heterocycles. The molecule has 23 heavy (non-hydrogen) atoms. The summed E-state index contributed by atoms with van der Waals surface area (Å²) >= 11 is 5.93. The van der Waals surface area contributed by atoms with Crippen molar-refractivity contribution in [2.75, 3.05) is 21.3 Å². The minimum Gasteiger partial charge on any atom is -0.497 e. The number of hydrogen-bond acceptors (Lipinski definition) is 4. The van der Waals surface area contributed by atoms with Gasteiger partial charge < -0.3 is 14.2 Å². The van der Waals surface area contributed by atoms with E-state index in [1.165, 1.54) is 7.11 Å². The molecule has 2 atom stereocenters. The molecular weight excluding hydrogens is 316 g/mol. The van der Waals surface area contributed by atoms with Crippen LogP contribution in [0.15, 0.2) is 48.5 Å². The second-order valence-electron chi connectivity index (χ2n) is 4.98. The van der Waals surface area contributed by atoms with Crippen LogP contribution in [0.2, 0.25) is 5.02 Å². The minimum atomic E-state index is -0.586. The third-order valence-corrected chi connectivity index (χ3v) is 3.94. The Morgan fingerprint density at radius 2 is 1.48 bits per heavy atom. The summed E-state index contributed by atoms with van der Waals surface area (Å²) in [5.41, 5.74) is 1.64. The van der Waals surface area contributed by atoms with Crippen molar-refractivity contribution < 1.29 is 19.0 Å². The number of halogens is 1. The molecule has 0 saturated heterocycles. The van der Waals surface area contributed by atoms with Crippen molar-refractivity contribution in [3.05, 3.63) is 64.7 Å². The molecular formula is C18H19ClO4. The van der Waals surface area contributed by atoms with E-state index >= 15 is 0 Å². The van der Waals surface area contributed by atoms with E-state index in [2.05, 4.69) is 0 Å². The third-order valence-electron chi connectivity index (χ3n) is 3.69. The molecule has 2 aromatic carbocycles. The third kappa shape index (κ3) is 4.03. The van der Waals surface area contributed by atoms with E-state index in [0.717, 1.165) is 16.9 Å². The van der Waals surface area contributed by atoms with Gasteiger partial charge in [0.2, 0.25) is 0 Å². The Labute approximate surface area is 140 Å². The fourth-order valence-corrected chi connectivity index (χ4v) is 2.62. The topological polar surface area (TPSA) is 44.8 Å². The van der Waals surface area contributed by atoms with Crippen molar-refractivity contribution >= 4 is 17.6 Å². The maximum Gasteiger partial charge on any atom is 0.316 e. The van der Waals surface area contributed by atoms with E-state index in [9.17, 15) is 4.79 Å². The molecule has 0 aliphatic carbocycles. The van der Waals surface area contributed by atoms with Crippen molar-refractivity contribution in [3.63, 3.8) is 0 Å². The average molecular weight is 335 g/mol. The Bertz CT molecular complexity index is 637. The molecule has 5 heteroatoms. The number of methoxy groups -OCH3 is 3. The first-order chi connectivity index (χ1) is 11.1. The Morgan fingerprint density at radius 3 is 1.96 bits per heavy atom. The molecule has 122 valence electrons. The first-order valence-corrected chi connectivity index (χ1v) is 7.48. The van der Waals surface area contributed by atoms with Crippen LogP contribution < -0.4 is 4.74 Å². The van der Waals surface area contributed by atoms with Gasteiger partial charge in [0.05, 0.1) is 20.3 Å². The highest BCUT2D eigenvalue weighted by Crippen LogP contribution is 2.35. The van der Waals surface area contributed by atoms with Gasteiger partial charge in [-0.3, -0.25) is 4.79 Å². The van der Waals surface area contributed by atoms with E-state index in [1.54, 1.807) is 38.5 Å². The maximum atomic E-state index is 12.3. The summed E-state index contributed by atoms with van der Waals surface area (Å²) in [5.74, 6) is -0.230. The Balaban J connectivity index is 2.42. The van der Waals surface area contributed by atoms with E-state index in [-0.39, 0.29) is 5.97 Å². The smallest absolute Gasteiger partial charge is 0.316 e. The van der Waals surface area contributed by atoms with Crippen LogP contribution in [0.3, 0.4) is 0 Å². The average Bonchev–Trinajstić information content (AvgIpc) is 2.60. The predicted octanol–water partition coefficient (Wildman–Crippen LogP) is 3.99. The zero-order valence-corrected chi connectivity index (χ0v) is 14.0. The molecule has 2 aromatic rings. The number of benzene rings is 2. The lowest BCUT2D eigenvalue weighted by atomic mass is 9.89. The predicted molar refractivity (Wildman–Crippen MR) is 89.0 cm³/mol. The molecule has 2 rings (SSSR count). The normalized spacial score (nSPS) is 13.2.